The first kappa shape index (κ1) is 21.1. The van der Waals surface area contributed by atoms with Crippen molar-refractivity contribution in [3.8, 4) is 11.5 Å². The van der Waals surface area contributed by atoms with E-state index in [-0.39, 0.29) is 25.7 Å². The van der Waals surface area contributed by atoms with Gasteiger partial charge in [-0.05, 0) is 35.4 Å². The SMILES string of the molecule is O=C(N1CCN(C(c2ccc3c(c2)COCO3)c2ccc3c(c2)COCO3)CC1)n1nccn1. The topological polar surface area (TPSA) is 91.2 Å². The third-order valence-electron chi connectivity index (χ3n) is 6.45. The van der Waals surface area contributed by atoms with Crippen molar-refractivity contribution in [2.45, 2.75) is 19.3 Å². The first-order valence-corrected chi connectivity index (χ1v) is 11.3. The molecule has 1 amide bonds. The molecule has 0 aliphatic carbocycles. The van der Waals surface area contributed by atoms with E-state index in [2.05, 4.69) is 39.4 Å². The van der Waals surface area contributed by atoms with Crippen molar-refractivity contribution in [3.05, 3.63) is 71.0 Å². The Bertz CT molecular complexity index is 1120. The maximum Gasteiger partial charge on any atom is 0.362 e. The predicted molar refractivity (Wildman–Crippen MR) is 119 cm³/mol. The highest BCUT2D eigenvalue weighted by molar-refractivity contribution is 5.74. The zero-order valence-corrected chi connectivity index (χ0v) is 18.6. The number of nitrogens with zero attached hydrogens (tertiary/aromatic N) is 5. The smallest absolute Gasteiger partial charge is 0.362 e. The van der Waals surface area contributed by atoms with E-state index in [4.69, 9.17) is 18.9 Å². The van der Waals surface area contributed by atoms with Gasteiger partial charge in [0.2, 0.25) is 0 Å². The number of benzene rings is 2. The summed E-state index contributed by atoms with van der Waals surface area (Å²) in [6.07, 6.45) is 3.02. The van der Waals surface area contributed by atoms with E-state index in [9.17, 15) is 4.79 Å². The van der Waals surface area contributed by atoms with Crippen molar-refractivity contribution >= 4 is 6.03 Å². The lowest BCUT2D eigenvalue weighted by molar-refractivity contribution is -0.0165. The summed E-state index contributed by atoms with van der Waals surface area (Å²) in [5, 5.41) is 7.95. The first-order valence-electron chi connectivity index (χ1n) is 11.3. The van der Waals surface area contributed by atoms with Crippen LogP contribution in [-0.2, 0) is 22.7 Å². The summed E-state index contributed by atoms with van der Waals surface area (Å²) in [7, 11) is 0. The van der Waals surface area contributed by atoms with Gasteiger partial charge < -0.3 is 23.8 Å². The number of hydrogen-bond acceptors (Lipinski definition) is 8. The second-order valence-corrected chi connectivity index (χ2v) is 8.48. The van der Waals surface area contributed by atoms with Crippen LogP contribution in [0.5, 0.6) is 11.5 Å². The third kappa shape index (κ3) is 4.00. The number of amides is 1. The van der Waals surface area contributed by atoms with Crippen molar-refractivity contribution in [1.82, 2.24) is 24.8 Å². The molecule has 1 saturated heterocycles. The molecule has 10 nitrogen and oxygen atoms in total. The third-order valence-corrected chi connectivity index (χ3v) is 6.45. The Hall–Kier alpha value is -3.47. The van der Waals surface area contributed by atoms with Crippen LogP contribution >= 0.6 is 0 Å². The van der Waals surface area contributed by atoms with Crippen LogP contribution in [0.1, 0.15) is 28.3 Å². The Balaban J connectivity index is 1.30. The van der Waals surface area contributed by atoms with E-state index in [1.54, 1.807) is 4.90 Å². The molecule has 3 aromatic rings. The molecule has 34 heavy (non-hydrogen) atoms. The molecule has 3 aliphatic heterocycles. The van der Waals surface area contributed by atoms with Crippen molar-refractivity contribution in [3.63, 3.8) is 0 Å². The molecule has 0 radical (unpaired) electrons. The lowest BCUT2D eigenvalue weighted by Gasteiger charge is -2.39. The Morgan fingerprint density at radius 1 is 0.794 bits per heavy atom. The number of ether oxygens (including phenoxy) is 4. The maximum absolute atomic E-state index is 12.7. The van der Waals surface area contributed by atoms with Gasteiger partial charge in [0.25, 0.3) is 0 Å². The van der Waals surface area contributed by atoms with Crippen molar-refractivity contribution in [2.75, 3.05) is 39.8 Å². The lowest BCUT2D eigenvalue weighted by atomic mass is 9.93. The number of carbonyl (C=O) groups excluding carboxylic acids is 1. The van der Waals surface area contributed by atoms with Crippen molar-refractivity contribution in [2.24, 2.45) is 0 Å². The molecule has 0 bridgehead atoms. The standard InChI is InChI=1S/C24H25N5O5/c30-24(29-25-5-6-26-29)28-9-7-27(8-10-28)23(17-1-3-21-19(11-17)13-31-15-33-21)18-2-4-22-20(12-18)14-32-16-34-22/h1-6,11-12,23H,7-10,13-16H2. The van der Waals surface area contributed by atoms with Crippen molar-refractivity contribution in [1.29, 1.82) is 0 Å². The second-order valence-electron chi connectivity index (χ2n) is 8.48. The molecule has 1 fully saturated rings. The van der Waals surface area contributed by atoms with Gasteiger partial charge in [0.15, 0.2) is 13.6 Å². The molecule has 0 saturated carbocycles. The highest BCUT2D eigenvalue weighted by Crippen LogP contribution is 2.36. The van der Waals surface area contributed by atoms with E-state index in [1.807, 2.05) is 12.1 Å². The van der Waals surface area contributed by atoms with Crippen LogP contribution < -0.4 is 9.47 Å². The molecule has 0 spiro atoms. The number of fused-ring (bicyclic) bond motifs is 2. The van der Waals surface area contributed by atoms with Crippen LogP contribution in [0.15, 0.2) is 48.8 Å². The molecule has 2 aromatic carbocycles. The minimum atomic E-state index is -0.202. The summed E-state index contributed by atoms with van der Waals surface area (Å²) < 4.78 is 22.3. The van der Waals surface area contributed by atoms with Crippen LogP contribution in [0.25, 0.3) is 0 Å². The number of piperazine rings is 1. The normalized spacial score (nSPS) is 18.1. The van der Waals surface area contributed by atoms with Crippen LogP contribution in [0, 0.1) is 0 Å². The molecule has 3 aliphatic rings. The van der Waals surface area contributed by atoms with Crippen LogP contribution in [-0.4, -0.2) is 70.6 Å². The van der Waals surface area contributed by atoms with E-state index < -0.39 is 0 Å². The molecule has 4 heterocycles. The summed E-state index contributed by atoms with van der Waals surface area (Å²) in [6.45, 7) is 4.22. The Kier molecular flexibility index (Phi) is 5.61. The van der Waals surface area contributed by atoms with Gasteiger partial charge in [0.05, 0.1) is 31.6 Å². The monoisotopic (exact) mass is 463 g/mol. The summed E-state index contributed by atoms with van der Waals surface area (Å²) >= 11 is 0. The van der Waals surface area contributed by atoms with Gasteiger partial charge in [0.1, 0.15) is 11.5 Å². The average molecular weight is 463 g/mol. The van der Waals surface area contributed by atoms with Gasteiger partial charge in [-0.25, -0.2) is 4.79 Å². The first-order chi connectivity index (χ1) is 16.8. The van der Waals surface area contributed by atoms with Crippen LogP contribution in [0.4, 0.5) is 4.79 Å². The van der Waals surface area contributed by atoms with E-state index in [1.165, 1.54) is 12.4 Å². The molecule has 0 N–H and O–H groups in total. The number of rotatable bonds is 3. The maximum atomic E-state index is 12.7. The van der Waals surface area contributed by atoms with Gasteiger partial charge in [-0.2, -0.15) is 10.2 Å². The number of aromatic nitrogens is 3. The summed E-state index contributed by atoms with van der Waals surface area (Å²) in [5.41, 5.74) is 4.38. The molecule has 10 heteroatoms. The lowest BCUT2D eigenvalue weighted by Crippen LogP contribution is -2.51. The minimum Gasteiger partial charge on any atom is -0.467 e. The van der Waals surface area contributed by atoms with E-state index in [0.717, 1.165) is 38.5 Å². The van der Waals surface area contributed by atoms with Gasteiger partial charge in [-0.3, -0.25) is 4.90 Å². The molecule has 0 atom stereocenters. The Labute approximate surface area is 196 Å². The fourth-order valence-corrected chi connectivity index (χ4v) is 4.79. The minimum absolute atomic E-state index is 0.000432. The number of carbonyl (C=O) groups is 1. The Morgan fingerprint density at radius 2 is 1.35 bits per heavy atom. The van der Waals surface area contributed by atoms with Gasteiger partial charge in [0, 0.05) is 37.3 Å². The second kappa shape index (κ2) is 9.05. The molecule has 0 unspecified atom stereocenters. The largest absolute Gasteiger partial charge is 0.467 e. The van der Waals surface area contributed by atoms with Gasteiger partial charge >= 0.3 is 6.03 Å². The fourth-order valence-electron chi connectivity index (χ4n) is 4.79. The average Bonchev–Trinajstić information content (AvgIpc) is 3.44. The molecule has 6 rings (SSSR count). The fraction of sp³-hybridized carbons (Fsp3) is 0.375. The highest BCUT2D eigenvalue weighted by Gasteiger charge is 2.30. The zero-order valence-electron chi connectivity index (χ0n) is 18.6. The molecular formula is C24H25N5O5. The predicted octanol–water partition coefficient (Wildman–Crippen LogP) is 2.39. The zero-order chi connectivity index (χ0) is 22.9. The van der Waals surface area contributed by atoms with Gasteiger partial charge in [-0.15, -0.1) is 0 Å². The molecule has 176 valence electrons. The van der Waals surface area contributed by atoms with Crippen LogP contribution in [0.3, 0.4) is 0 Å². The van der Waals surface area contributed by atoms with Gasteiger partial charge in [-0.1, -0.05) is 16.9 Å². The quantitative estimate of drug-likeness (QED) is 0.585. The van der Waals surface area contributed by atoms with E-state index >= 15 is 0 Å². The highest BCUT2D eigenvalue weighted by atomic mass is 16.7. The summed E-state index contributed by atoms with van der Waals surface area (Å²) in [4.78, 5) is 18.0. The number of hydrogen-bond donors (Lipinski definition) is 0. The van der Waals surface area contributed by atoms with Crippen LogP contribution in [0.2, 0.25) is 0 Å². The summed E-state index contributed by atoms with van der Waals surface area (Å²) in [6, 6.07) is 12.4. The van der Waals surface area contributed by atoms with E-state index in [0.29, 0.717) is 39.4 Å². The Morgan fingerprint density at radius 3 is 1.91 bits per heavy atom. The molecule has 1 aromatic heterocycles. The summed E-state index contributed by atoms with van der Waals surface area (Å²) in [5.74, 6) is 1.73. The van der Waals surface area contributed by atoms with Crippen molar-refractivity contribution < 1.29 is 23.7 Å². The molecular weight excluding hydrogens is 438 g/mol.